The maximum absolute atomic E-state index is 12.8. The minimum Gasteiger partial charge on any atom is -0.459 e. The van der Waals surface area contributed by atoms with Gasteiger partial charge in [-0.1, -0.05) is 0 Å². The highest BCUT2D eigenvalue weighted by atomic mass is 32.1. The lowest BCUT2D eigenvalue weighted by atomic mass is 10.1. The second kappa shape index (κ2) is 10.2. The van der Waals surface area contributed by atoms with Crippen molar-refractivity contribution >= 4 is 45.6 Å². The van der Waals surface area contributed by atoms with Gasteiger partial charge < -0.3 is 14.8 Å². The Morgan fingerprint density at radius 3 is 1.85 bits per heavy atom. The third kappa shape index (κ3) is 6.10. The van der Waals surface area contributed by atoms with Crippen molar-refractivity contribution in [2.75, 3.05) is 5.32 Å². The number of carbonyl (C=O) groups excluding carboxylic acids is 3. The molecule has 0 atom stereocenters. The van der Waals surface area contributed by atoms with Crippen molar-refractivity contribution in [2.24, 2.45) is 0 Å². The first-order valence-corrected chi connectivity index (χ1v) is 10.4. The van der Waals surface area contributed by atoms with Crippen molar-refractivity contribution in [3.05, 3.63) is 60.0 Å². The molecular weight excluding hydrogens is 458 g/mol. The van der Waals surface area contributed by atoms with Crippen LogP contribution in [0.4, 0.5) is 16.4 Å². The zero-order valence-electron chi connectivity index (χ0n) is 18.4. The molecule has 0 saturated carbocycles. The molecule has 1 N–H and O–H groups in total. The van der Waals surface area contributed by atoms with Gasteiger partial charge in [0.05, 0.1) is 39.2 Å². The zero-order valence-corrected chi connectivity index (χ0v) is 19.2. The van der Waals surface area contributed by atoms with E-state index in [1.165, 1.54) is 6.92 Å². The lowest BCUT2D eigenvalue weighted by Gasteiger charge is -2.10. The molecule has 0 fully saturated rings. The molecule has 1 aromatic carbocycles. The van der Waals surface area contributed by atoms with Gasteiger partial charge in [0.2, 0.25) is 0 Å². The summed E-state index contributed by atoms with van der Waals surface area (Å²) in [6.45, 7) is 8.01. The summed E-state index contributed by atoms with van der Waals surface area (Å²) in [4.78, 5) is 58.5. The van der Waals surface area contributed by atoms with Gasteiger partial charge in [-0.05, 0) is 40.2 Å². The van der Waals surface area contributed by atoms with Crippen LogP contribution in [0.25, 0.3) is 0 Å². The highest BCUT2D eigenvalue weighted by molar-refractivity contribution is 7.18. The Kier molecular flexibility index (Phi) is 7.82. The van der Waals surface area contributed by atoms with Crippen LogP contribution in [-0.4, -0.2) is 39.9 Å². The second-order valence-electron chi connectivity index (χ2n) is 7.37. The molecule has 0 unspecified atom stereocenters. The highest BCUT2D eigenvalue weighted by Crippen LogP contribution is 2.35. The fraction of sp³-hybridized carbons (Fsp3) is 0.350. The molecule has 12 nitrogen and oxygen atoms in total. The zero-order chi connectivity index (χ0) is 25.0. The van der Waals surface area contributed by atoms with Gasteiger partial charge in [0.25, 0.3) is 17.3 Å². The van der Waals surface area contributed by atoms with E-state index in [4.69, 9.17) is 9.47 Å². The van der Waals surface area contributed by atoms with E-state index in [0.29, 0.717) is 0 Å². The van der Waals surface area contributed by atoms with Crippen molar-refractivity contribution in [1.82, 2.24) is 0 Å². The minimum atomic E-state index is -0.953. The molecule has 0 spiro atoms. The number of nitro benzene ring substituents is 2. The number of benzene rings is 1. The Balaban J connectivity index is 2.54. The van der Waals surface area contributed by atoms with Gasteiger partial charge in [-0.15, -0.1) is 11.3 Å². The number of carbonyl (C=O) groups is 3. The van der Waals surface area contributed by atoms with Crippen LogP contribution < -0.4 is 5.32 Å². The standard InChI is InChI=1S/C20H21N3O9S/c1-9(2)31-19(25)15-11(5)16(20(26)32-10(3)4)33-18(15)21-17(24)12-6-13(22(27)28)8-14(7-12)23(29)30/h6-10H,1-5H3,(H,21,24). The van der Waals surface area contributed by atoms with E-state index in [0.717, 1.165) is 29.5 Å². The molecular formula is C20H21N3O9S. The summed E-state index contributed by atoms with van der Waals surface area (Å²) < 4.78 is 10.4. The Bertz CT molecular complexity index is 1110. The number of amides is 1. The smallest absolute Gasteiger partial charge is 0.348 e. The number of rotatable bonds is 8. The van der Waals surface area contributed by atoms with Gasteiger partial charge in [0.15, 0.2) is 0 Å². The molecule has 1 amide bonds. The largest absolute Gasteiger partial charge is 0.459 e. The lowest BCUT2D eigenvalue weighted by Crippen LogP contribution is -2.17. The molecule has 2 rings (SSSR count). The fourth-order valence-corrected chi connectivity index (χ4v) is 3.77. The molecule has 0 bridgehead atoms. The Morgan fingerprint density at radius 1 is 0.909 bits per heavy atom. The van der Waals surface area contributed by atoms with Crippen LogP contribution >= 0.6 is 11.3 Å². The quantitative estimate of drug-likeness (QED) is 0.330. The van der Waals surface area contributed by atoms with Crippen LogP contribution in [0.15, 0.2) is 18.2 Å². The number of nitrogens with one attached hydrogen (secondary N) is 1. The number of hydrogen-bond acceptors (Lipinski definition) is 10. The Hall–Kier alpha value is -3.87. The van der Waals surface area contributed by atoms with Gasteiger partial charge in [-0.3, -0.25) is 25.0 Å². The van der Waals surface area contributed by atoms with E-state index in [1.54, 1.807) is 27.7 Å². The predicted octanol–water partition coefficient (Wildman–Crippen LogP) is 4.26. The SMILES string of the molecule is Cc1c(C(=O)OC(C)C)sc(NC(=O)c2cc([N+](=O)[O-])cc([N+](=O)[O-])c2)c1C(=O)OC(C)C. The monoisotopic (exact) mass is 479 g/mol. The Morgan fingerprint density at radius 2 is 1.39 bits per heavy atom. The first kappa shape index (κ1) is 25.4. The van der Waals surface area contributed by atoms with Crippen molar-refractivity contribution in [2.45, 2.75) is 46.8 Å². The topological polar surface area (TPSA) is 168 Å². The number of non-ortho nitro benzene ring substituents is 2. The normalized spacial score (nSPS) is 10.8. The van der Waals surface area contributed by atoms with Gasteiger partial charge in [-0.2, -0.15) is 0 Å². The van der Waals surface area contributed by atoms with Crippen LogP contribution in [0.2, 0.25) is 0 Å². The summed E-state index contributed by atoms with van der Waals surface area (Å²) in [5.74, 6) is -2.47. The van der Waals surface area contributed by atoms with E-state index in [2.05, 4.69) is 5.32 Å². The lowest BCUT2D eigenvalue weighted by molar-refractivity contribution is -0.394. The first-order chi connectivity index (χ1) is 15.3. The molecule has 33 heavy (non-hydrogen) atoms. The van der Waals surface area contributed by atoms with E-state index >= 15 is 0 Å². The van der Waals surface area contributed by atoms with Crippen molar-refractivity contribution in [3.63, 3.8) is 0 Å². The predicted molar refractivity (Wildman–Crippen MR) is 118 cm³/mol. The summed E-state index contributed by atoms with van der Waals surface area (Å²) in [5, 5.41) is 24.6. The number of nitrogens with zero attached hydrogens (tertiary/aromatic N) is 2. The maximum Gasteiger partial charge on any atom is 0.348 e. The molecule has 1 heterocycles. The average molecular weight is 479 g/mol. The van der Waals surface area contributed by atoms with Gasteiger partial charge in [-0.25, -0.2) is 9.59 Å². The van der Waals surface area contributed by atoms with Crippen molar-refractivity contribution in [1.29, 1.82) is 0 Å². The third-order valence-corrected chi connectivity index (χ3v) is 5.22. The summed E-state index contributed by atoms with van der Waals surface area (Å²) in [7, 11) is 0. The average Bonchev–Trinajstić information content (AvgIpc) is 3.02. The summed E-state index contributed by atoms with van der Waals surface area (Å²) in [5.41, 5.74) is -1.56. The van der Waals surface area contributed by atoms with Gasteiger partial charge in [0.1, 0.15) is 9.88 Å². The highest BCUT2D eigenvalue weighted by Gasteiger charge is 2.29. The number of nitro groups is 2. The number of anilines is 1. The first-order valence-electron chi connectivity index (χ1n) is 9.62. The molecule has 13 heteroatoms. The fourth-order valence-electron chi connectivity index (χ4n) is 2.69. The molecule has 176 valence electrons. The molecule has 0 radical (unpaired) electrons. The van der Waals surface area contributed by atoms with Crippen LogP contribution in [0.3, 0.4) is 0 Å². The van der Waals surface area contributed by atoms with E-state index in [9.17, 15) is 34.6 Å². The van der Waals surface area contributed by atoms with E-state index < -0.39 is 51.3 Å². The molecule has 2 aromatic rings. The second-order valence-corrected chi connectivity index (χ2v) is 8.40. The van der Waals surface area contributed by atoms with Crippen molar-refractivity contribution < 1.29 is 33.7 Å². The number of esters is 2. The number of thiophene rings is 1. The van der Waals surface area contributed by atoms with Crippen LogP contribution in [0, 0.1) is 27.2 Å². The summed E-state index contributed by atoms with van der Waals surface area (Å²) >= 11 is 0.761. The molecule has 1 aromatic heterocycles. The van der Waals surface area contributed by atoms with Crippen molar-refractivity contribution in [3.8, 4) is 0 Å². The third-order valence-electron chi connectivity index (χ3n) is 4.04. The number of ether oxygens (including phenoxy) is 2. The summed E-state index contributed by atoms with van der Waals surface area (Å²) in [6.07, 6.45) is -0.931. The Labute approximate surface area is 191 Å². The molecule has 0 saturated heterocycles. The van der Waals surface area contributed by atoms with Gasteiger partial charge >= 0.3 is 11.9 Å². The molecule has 0 aliphatic carbocycles. The van der Waals surface area contributed by atoms with Crippen LogP contribution in [0.5, 0.6) is 0 Å². The maximum atomic E-state index is 12.8. The van der Waals surface area contributed by atoms with Gasteiger partial charge in [0, 0.05) is 12.1 Å². The molecule has 0 aliphatic rings. The summed E-state index contributed by atoms with van der Waals surface area (Å²) in [6, 6.07) is 2.45. The number of hydrogen-bond donors (Lipinski definition) is 1. The van der Waals surface area contributed by atoms with Crippen LogP contribution in [0.1, 0.15) is 63.6 Å². The minimum absolute atomic E-state index is 0.0553. The van der Waals surface area contributed by atoms with Crippen LogP contribution in [-0.2, 0) is 9.47 Å². The molecule has 0 aliphatic heterocycles. The van der Waals surface area contributed by atoms with E-state index in [1.807, 2.05) is 0 Å². The van der Waals surface area contributed by atoms with E-state index in [-0.39, 0.29) is 26.6 Å².